The van der Waals surface area contributed by atoms with Crippen LogP contribution >= 0.6 is 16.8 Å². The van der Waals surface area contributed by atoms with E-state index in [2.05, 4.69) is 83.1 Å². The number of aliphatic hydroxyl groups is 2. The van der Waals surface area contributed by atoms with Gasteiger partial charge in [0.1, 0.15) is 45.7 Å². The Hall–Kier alpha value is -5.63. The topological polar surface area (TPSA) is 122 Å². The molecule has 0 aliphatic carbocycles. The van der Waals surface area contributed by atoms with Gasteiger partial charge in [0.25, 0.3) is 0 Å². The fourth-order valence-corrected chi connectivity index (χ4v) is 10.2. The first-order valence-electron chi connectivity index (χ1n) is 22.8. The van der Waals surface area contributed by atoms with E-state index in [1.807, 2.05) is 109 Å². The molecule has 0 spiro atoms. The van der Waals surface area contributed by atoms with Gasteiger partial charge >= 0.3 is 16.8 Å². The summed E-state index contributed by atoms with van der Waals surface area (Å²) in [6.45, 7) is 25.1. The highest BCUT2D eigenvalue weighted by molar-refractivity contribution is 7.43. The Morgan fingerprint density at radius 1 is 0.456 bits per heavy atom. The van der Waals surface area contributed by atoms with E-state index in [4.69, 9.17) is 36.0 Å². The number of aliphatic hydroxyl groups excluding tert-OH is 2. The van der Waals surface area contributed by atoms with Crippen molar-refractivity contribution in [1.82, 2.24) is 0 Å². The molecule has 0 fully saturated rings. The Bertz CT molecular complexity index is 2810. The third kappa shape index (κ3) is 11.1. The van der Waals surface area contributed by atoms with Crippen LogP contribution in [0.1, 0.15) is 116 Å². The second-order valence-corrected chi connectivity index (χ2v) is 23.1. The number of ether oxygens (including phenoxy) is 2. The number of benzene rings is 6. The van der Waals surface area contributed by atoms with Gasteiger partial charge in [-0.2, -0.15) is 0 Å². The minimum absolute atomic E-state index is 0.176. The number of methoxy groups -OCH3 is 2. The van der Waals surface area contributed by atoms with Gasteiger partial charge in [-0.3, -0.25) is 0 Å². The molecule has 2 N–H and O–H groups in total. The predicted octanol–water partition coefficient (Wildman–Crippen LogP) is 15.8. The number of hydrogen-bond donors (Lipinski definition) is 2. The van der Waals surface area contributed by atoms with E-state index in [0.29, 0.717) is 56.8 Å². The van der Waals surface area contributed by atoms with E-state index in [1.54, 1.807) is 14.2 Å². The molecule has 0 amide bonds. The average Bonchev–Trinajstić information content (AvgIpc) is 3.43. The lowest BCUT2D eigenvalue weighted by molar-refractivity contribution is 0.281. The van der Waals surface area contributed by atoms with Crippen molar-refractivity contribution in [3.05, 3.63) is 143 Å². The van der Waals surface area contributed by atoms with Crippen molar-refractivity contribution in [1.29, 1.82) is 0 Å². The van der Waals surface area contributed by atoms with Crippen LogP contribution in [0.4, 0.5) is 0 Å². The van der Waals surface area contributed by atoms with Crippen molar-refractivity contribution in [2.24, 2.45) is 0 Å². The summed E-state index contributed by atoms with van der Waals surface area (Å²) >= 11 is 0. The zero-order chi connectivity index (χ0) is 49.3. The van der Waals surface area contributed by atoms with Crippen LogP contribution in [-0.4, -0.2) is 24.4 Å². The van der Waals surface area contributed by atoms with Gasteiger partial charge < -0.3 is 46.2 Å². The van der Waals surface area contributed by atoms with Crippen LogP contribution in [-0.2, 0) is 34.9 Å². The maximum atomic E-state index is 10.6. The summed E-state index contributed by atoms with van der Waals surface area (Å²) in [6.07, 6.45) is 0. The Balaban J connectivity index is 1.60. The van der Waals surface area contributed by atoms with Gasteiger partial charge in [0, 0.05) is 44.2 Å². The molecule has 360 valence electrons. The van der Waals surface area contributed by atoms with E-state index in [1.165, 1.54) is 0 Å². The van der Waals surface area contributed by atoms with Gasteiger partial charge in [-0.1, -0.05) is 119 Å². The minimum Gasteiger partial charge on any atom is -0.497 e. The van der Waals surface area contributed by atoms with Crippen molar-refractivity contribution in [3.63, 3.8) is 0 Å². The van der Waals surface area contributed by atoms with Crippen LogP contribution in [0.3, 0.4) is 0 Å². The van der Waals surface area contributed by atoms with Gasteiger partial charge in [-0.25, -0.2) is 0 Å². The molecule has 1 aromatic heterocycles. The highest BCUT2D eigenvalue weighted by Crippen LogP contribution is 2.55. The largest absolute Gasteiger partial charge is 0.530 e. The van der Waals surface area contributed by atoms with Gasteiger partial charge in [0.2, 0.25) is 0 Å². The third-order valence-corrected chi connectivity index (χ3v) is 13.6. The van der Waals surface area contributed by atoms with Crippen LogP contribution in [0.15, 0.2) is 118 Å². The summed E-state index contributed by atoms with van der Waals surface area (Å²) < 4.78 is 54.1. The second-order valence-electron chi connectivity index (χ2n) is 21.1. The molecular weight excluding hydrogens is 895 g/mol. The minimum atomic E-state index is -2.30. The number of rotatable bonds is 13. The molecule has 68 heavy (non-hydrogen) atoms. The molecule has 0 bridgehead atoms. The highest BCUT2D eigenvalue weighted by atomic mass is 31.2. The van der Waals surface area contributed by atoms with E-state index in [0.717, 1.165) is 44.2 Å². The van der Waals surface area contributed by atoms with Crippen LogP contribution in [0.25, 0.3) is 33.1 Å². The summed E-state index contributed by atoms with van der Waals surface area (Å²) in [5.74, 6) is 3.33. The quantitative estimate of drug-likeness (QED) is 0.108. The van der Waals surface area contributed by atoms with Gasteiger partial charge in [0.05, 0.1) is 27.4 Å². The van der Waals surface area contributed by atoms with Crippen molar-refractivity contribution in [2.45, 2.75) is 118 Å². The Kier molecular flexibility index (Phi) is 14.6. The van der Waals surface area contributed by atoms with Crippen LogP contribution in [0.5, 0.6) is 34.5 Å². The summed E-state index contributed by atoms with van der Waals surface area (Å²) in [5.41, 5.74) is 5.39. The van der Waals surface area contributed by atoms with E-state index < -0.39 is 38.5 Å². The SMILES string of the molecule is COc1cc(-c2cc(OC)cc(C(C)(C)C)c2Op2oc3c(C(C)(C)C)cc(CO)cc3c3cc(CO)cc(C(C)(C)C)c3o2)c(OP(Oc2ccccc2)Oc2ccccc2)c(C(C)(C)C)c1. The molecule has 12 heteroatoms. The van der Waals surface area contributed by atoms with Crippen LogP contribution in [0, 0.1) is 0 Å². The fraction of sp³-hybridized carbons (Fsp3) is 0.357. The van der Waals surface area contributed by atoms with Gasteiger partial charge in [-0.15, -0.1) is 0 Å². The Labute approximate surface area is 403 Å². The molecule has 0 unspecified atom stereocenters. The zero-order valence-corrected chi connectivity index (χ0v) is 43.7. The van der Waals surface area contributed by atoms with Crippen molar-refractivity contribution in [3.8, 4) is 45.6 Å². The van der Waals surface area contributed by atoms with Crippen LogP contribution in [0.2, 0.25) is 0 Å². The van der Waals surface area contributed by atoms with Crippen molar-refractivity contribution >= 4 is 38.8 Å². The molecule has 7 rings (SSSR count). The summed E-state index contributed by atoms with van der Waals surface area (Å²) in [6, 6.07) is 34.7. The molecule has 0 aliphatic rings. The molecule has 0 saturated heterocycles. The number of para-hydroxylation sites is 2. The molecule has 10 nitrogen and oxygen atoms in total. The van der Waals surface area contributed by atoms with Gasteiger partial charge in [0.15, 0.2) is 0 Å². The first-order chi connectivity index (χ1) is 32.0. The second kappa shape index (κ2) is 19.8. The lowest BCUT2D eigenvalue weighted by Crippen LogP contribution is -2.16. The molecule has 7 aromatic rings. The summed E-state index contributed by atoms with van der Waals surface area (Å²) in [7, 11) is -1.14. The van der Waals surface area contributed by atoms with Crippen molar-refractivity contribution in [2.75, 3.05) is 14.2 Å². The third-order valence-electron chi connectivity index (χ3n) is 11.6. The van der Waals surface area contributed by atoms with E-state index in [9.17, 15) is 10.2 Å². The normalized spacial score (nSPS) is 12.4. The van der Waals surface area contributed by atoms with Gasteiger partial charge in [-0.05, 0) is 106 Å². The lowest BCUT2D eigenvalue weighted by atomic mass is 9.81. The number of fused-ring (bicyclic) bond motifs is 3. The average molecular weight is 961 g/mol. The Morgan fingerprint density at radius 3 is 1.21 bits per heavy atom. The standard InChI is InChI=1S/C56H66O10P2/c1-53(2,3)45-27-35(33-57)25-41-42-26-36(34-58)28-46(54(4,5)6)50(42)65-68(64-49(41)45)66-52-44(30-40(60-14)32-48(52)56(10,11)12)43-29-39(59-13)31-47(55(7,8)9)51(43)63-67(61-37-21-17-15-18-22-37)62-38-23-19-16-20-24-38/h15-32,57-58H,33-34H2,1-14H3. The molecule has 0 saturated carbocycles. The summed E-state index contributed by atoms with van der Waals surface area (Å²) in [5, 5.41) is 22.7. The molecule has 0 atom stereocenters. The van der Waals surface area contributed by atoms with Crippen LogP contribution < -0.4 is 27.6 Å². The monoisotopic (exact) mass is 960 g/mol. The van der Waals surface area contributed by atoms with E-state index >= 15 is 0 Å². The first kappa shape index (κ1) is 50.3. The molecular formula is C56H66O10P2. The highest BCUT2D eigenvalue weighted by Gasteiger charge is 2.34. The summed E-state index contributed by atoms with van der Waals surface area (Å²) in [4.78, 5) is 0. The molecule has 0 radical (unpaired) electrons. The predicted molar refractivity (Wildman–Crippen MR) is 276 cm³/mol. The molecule has 6 aromatic carbocycles. The number of hydrogen-bond acceptors (Lipinski definition) is 10. The zero-order valence-electron chi connectivity index (χ0n) is 41.9. The maximum absolute atomic E-state index is 10.6. The lowest BCUT2D eigenvalue weighted by Gasteiger charge is -2.29. The van der Waals surface area contributed by atoms with Crippen molar-refractivity contribution < 1.29 is 46.2 Å². The first-order valence-corrected chi connectivity index (χ1v) is 25.0. The molecule has 0 aliphatic heterocycles. The Morgan fingerprint density at radius 2 is 0.838 bits per heavy atom. The smallest absolute Gasteiger partial charge is 0.497 e. The molecule has 1 heterocycles. The fourth-order valence-electron chi connectivity index (χ4n) is 7.97. The maximum Gasteiger partial charge on any atom is 0.530 e. The van der Waals surface area contributed by atoms with E-state index in [-0.39, 0.29) is 13.2 Å².